The van der Waals surface area contributed by atoms with Crippen LogP contribution in [0.3, 0.4) is 0 Å². The first-order chi connectivity index (χ1) is 3.88. The summed E-state index contributed by atoms with van der Waals surface area (Å²) in [5.74, 6) is 0.994. The van der Waals surface area contributed by atoms with Gasteiger partial charge in [-0.15, -0.1) is 0 Å². The normalized spacial score (nSPS) is 12.0. The fourth-order valence-electron chi connectivity index (χ4n) is 0.548. The van der Waals surface area contributed by atoms with Gasteiger partial charge in [-0.3, -0.25) is 0 Å². The van der Waals surface area contributed by atoms with Gasteiger partial charge in [0.1, 0.15) is 0 Å². The largest absolute Gasteiger partial charge is 0.442 e. The number of hydrogen-bond donors (Lipinski definition) is 0. The van der Waals surface area contributed by atoms with E-state index in [1.165, 1.54) is 6.26 Å². The van der Waals surface area contributed by atoms with E-state index in [0.29, 0.717) is 11.5 Å². The van der Waals surface area contributed by atoms with Gasteiger partial charge in [-0.25, -0.2) is 4.79 Å². The molecule has 1 aliphatic heterocycles. The molecular formula is C5H2O3. The van der Waals surface area contributed by atoms with Crippen molar-refractivity contribution >= 4 is 0 Å². The first kappa shape index (κ1) is 3.72. The lowest BCUT2D eigenvalue weighted by Crippen LogP contribution is -1.87. The van der Waals surface area contributed by atoms with Crippen LogP contribution in [0.4, 0.5) is 0 Å². The molecule has 8 heavy (non-hydrogen) atoms. The first-order valence-electron chi connectivity index (χ1n) is 2.17. The first-order valence-corrected chi connectivity index (χ1v) is 2.17. The molecular weight excluding hydrogens is 108 g/mol. The second-order valence-corrected chi connectivity index (χ2v) is 1.50. The summed E-state index contributed by atoms with van der Waals surface area (Å²) in [6.07, 6.45) is 1.31. The Bertz CT molecular complexity index is 273. The number of fused-ring (bicyclic) bond motifs is 1. The van der Waals surface area contributed by atoms with E-state index in [1.807, 2.05) is 0 Å². The van der Waals surface area contributed by atoms with Crippen molar-refractivity contribution in [1.82, 2.24) is 0 Å². The van der Waals surface area contributed by atoms with E-state index >= 15 is 0 Å². The molecule has 0 saturated heterocycles. The molecule has 0 saturated carbocycles. The summed E-state index contributed by atoms with van der Waals surface area (Å²) in [4.78, 5) is 10.4. The average molecular weight is 110 g/mol. The van der Waals surface area contributed by atoms with Crippen molar-refractivity contribution in [2.24, 2.45) is 0 Å². The maximum Gasteiger partial charge on any atom is 0.383 e. The van der Waals surface area contributed by atoms with Crippen LogP contribution in [0.2, 0.25) is 0 Å². The molecule has 0 N–H and O–H groups in total. The molecule has 1 aliphatic rings. The van der Waals surface area contributed by atoms with Crippen molar-refractivity contribution in [2.75, 3.05) is 0 Å². The minimum Gasteiger partial charge on any atom is -0.442 e. The SMILES string of the molecule is O=c1occc2c1O2. The Labute approximate surface area is 44.5 Å². The van der Waals surface area contributed by atoms with Crippen LogP contribution < -0.4 is 10.4 Å². The van der Waals surface area contributed by atoms with Gasteiger partial charge < -0.3 is 9.15 Å². The number of ether oxygens (including phenoxy) is 1. The summed E-state index contributed by atoms with van der Waals surface area (Å²) in [5, 5.41) is 0. The molecule has 0 aliphatic carbocycles. The van der Waals surface area contributed by atoms with Crippen molar-refractivity contribution in [1.29, 1.82) is 0 Å². The lowest BCUT2D eigenvalue weighted by atomic mass is 10.5. The monoisotopic (exact) mass is 110 g/mol. The van der Waals surface area contributed by atoms with Crippen molar-refractivity contribution < 1.29 is 9.15 Å². The van der Waals surface area contributed by atoms with Crippen molar-refractivity contribution in [3.05, 3.63) is 22.7 Å². The Morgan fingerprint density at radius 2 is 2.38 bits per heavy atom. The smallest absolute Gasteiger partial charge is 0.383 e. The van der Waals surface area contributed by atoms with Crippen LogP contribution >= 0.6 is 0 Å². The molecule has 2 rings (SSSR count). The highest BCUT2D eigenvalue weighted by molar-refractivity contribution is 5.50. The van der Waals surface area contributed by atoms with Crippen LogP contribution in [-0.2, 0) is 0 Å². The number of rotatable bonds is 0. The third-order valence-corrected chi connectivity index (χ3v) is 0.974. The summed E-state index contributed by atoms with van der Waals surface area (Å²) in [7, 11) is 0. The van der Waals surface area contributed by atoms with Gasteiger partial charge in [-0.1, -0.05) is 0 Å². The van der Waals surface area contributed by atoms with E-state index in [1.54, 1.807) is 6.07 Å². The third-order valence-electron chi connectivity index (χ3n) is 0.974. The van der Waals surface area contributed by atoms with Crippen molar-refractivity contribution in [3.8, 4) is 11.5 Å². The minimum atomic E-state index is -0.387. The molecule has 2 heterocycles. The second kappa shape index (κ2) is 0.940. The molecule has 0 unspecified atom stereocenters. The Hall–Kier alpha value is -1.25. The van der Waals surface area contributed by atoms with Crippen molar-refractivity contribution in [3.63, 3.8) is 0 Å². The van der Waals surface area contributed by atoms with Crippen LogP contribution in [0.15, 0.2) is 21.5 Å². The van der Waals surface area contributed by atoms with Gasteiger partial charge in [0.05, 0.1) is 6.26 Å². The van der Waals surface area contributed by atoms with E-state index in [-0.39, 0.29) is 5.63 Å². The molecule has 0 atom stereocenters. The highest BCUT2D eigenvalue weighted by Gasteiger charge is 2.24. The Morgan fingerprint density at radius 3 is 3.00 bits per heavy atom. The molecule has 0 bridgehead atoms. The molecule has 0 fully saturated rings. The minimum absolute atomic E-state index is 0.354. The standard InChI is InChI=1S/C5H2O3/c6-5-4-3(8-4)1-2-7-5/h1-2H. The topological polar surface area (TPSA) is 42.7 Å². The summed E-state index contributed by atoms with van der Waals surface area (Å²) in [5.41, 5.74) is -0.387. The van der Waals surface area contributed by atoms with Crippen LogP contribution in [0.1, 0.15) is 0 Å². The lowest BCUT2D eigenvalue weighted by molar-refractivity contribution is 0.504. The highest BCUT2D eigenvalue weighted by Crippen LogP contribution is 2.39. The maximum absolute atomic E-state index is 10.4. The van der Waals surface area contributed by atoms with Crippen LogP contribution in [-0.4, -0.2) is 0 Å². The van der Waals surface area contributed by atoms with Gasteiger partial charge in [-0.2, -0.15) is 0 Å². The zero-order valence-electron chi connectivity index (χ0n) is 3.88. The molecule has 1 aromatic rings. The lowest BCUT2D eigenvalue weighted by Gasteiger charge is -1.65. The molecule has 1 aromatic heterocycles. The van der Waals surface area contributed by atoms with Gasteiger partial charge >= 0.3 is 5.63 Å². The predicted molar refractivity (Wildman–Crippen MR) is 25.1 cm³/mol. The van der Waals surface area contributed by atoms with E-state index < -0.39 is 0 Å². The van der Waals surface area contributed by atoms with Gasteiger partial charge in [0.15, 0.2) is 5.75 Å². The van der Waals surface area contributed by atoms with Gasteiger partial charge in [-0.05, 0) is 0 Å². The quantitative estimate of drug-likeness (QED) is 0.470. The van der Waals surface area contributed by atoms with Crippen LogP contribution in [0.25, 0.3) is 0 Å². The molecule has 3 heteroatoms. The fraction of sp³-hybridized carbons (Fsp3) is 0. The molecule has 0 amide bonds. The summed E-state index contributed by atoms with van der Waals surface area (Å²) >= 11 is 0. The fourth-order valence-corrected chi connectivity index (χ4v) is 0.548. The second-order valence-electron chi connectivity index (χ2n) is 1.50. The molecule has 3 nitrogen and oxygen atoms in total. The Morgan fingerprint density at radius 1 is 1.50 bits per heavy atom. The number of hydrogen-bond acceptors (Lipinski definition) is 3. The van der Waals surface area contributed by atoms with Gasteiger partial charge in [0, 0.05) is 6.07 Å². The average Bonchev–Trinajstić information content (AvgIpc) is 2.45. The molecule has 40 valence electrons. The van der Waals surface area contributed by atoms with E-state index in [0.717, 1.165) is 0 Å². The predicted octanol–water partition coefficient (Wildman–Crippen LogP) is 0.745. The van der Waals surface area contributed by atoms with E-state index in [2.05, 4.69) is 9.15 Å². The molecule has 0 aromatic carbocycles. The van der Waals surface area contributed by atoms with E-state index in [9.17, 15) is 4.79 Å². The van der Waals surface area contributed by atoms with Crippen molar-refractivity contribution in [2.45, 2.75) is 0 Å². The van der Waals surface area contributed by atoms with Crippen LogP contribution in [0, 0.1) is 0 Å². The maximum atomic E-state index is 10.4. The van der Waals surface area contributed by atoms with E-state index in [4.69, 9.17) is 0 Å². The zero-order chi connectivity index (χ0) is 5.56. The summed E-state index contributed by atoms with van der Waals surface area (Å²) < 4.78 is 9.09. The van der Waals surface area contributed by atoms with Gasteiger partial charge in [0.2, 0.25) is 0 Å². The highest BCUT2D eigenvalue weighted by atomic mass is 16.6. The van der Waals surface area contributed by atoms with Crippen LogP contribution in [0.5, 0.6) is 11.5 Å². The zero-order valence-corrected chi connectivity index (χ0v) is 3.88. The Kier molecular flexibility index (Phi) is 0.436. The molecule has 0 spiro atoms. The Balaban J connectivity index is 2.88. The summed E-state index contributed by atoms with van der Waals surface area (Å²) in [6, 6.07) is 1.61. The molecule has 0 radical (unpaired) electrons. The van der Waals surface area contributed by atoms with Gasteiger partial charge in [0.25, 0.3) is 5.75 Å². The third kappa shape index (κ3) is 0.307. The summed E-state index contributed by atoms with van der Waals surface area (Å²) in [6.45, 7) is 0.